The van der Waals surface area contributed by atoms with E-state index < -0.39 is 0 Å². The molecule has 1 fully saturated rings. The van der Waals surface area contributed by atoms with Gasteiger partial charge in [-0.2, -0.15) is 0 Å². The maximum Gasteiger partial charge on any atom is 0.244 e. The maximum atomic E-state index is 12.6. The van der Waals surface area contributed by atoms with Crippen LogP contribution < -0.4 is 10.6 Å². The molecule has 2 N–H and O–H groups in total. The number of nitrogens with one attached hydrogen (secondary N) is 2. The third kappa shape index (κ3) is 3.18. The van der Waals surface area contributed by atoms with E-state index in [1.165, 1.54) is 0 Å². The summed E-state index contributed by atoms with van der Waals surface area (Å²) < 4.78 is 0.927. The summed E-state index contributed by atoms with van der Waals surface area (Å²) >= 11 is 3.49. The number of carbonyl (C=O) groups is 1. The zero-order valence-electron chi connectivity index (χ0n) is 11.6. The Kier molecular flexibility index (Phi) is 4.63. The van der Waals surface area contributed by atoms with Crippen LogP contribution in [0.5, 0.6) is 0 Å². The average Bonchev–Trinajstić information content (AvgIpc) is 2.84. The molecule has 0 saturated carbocycles. The maximum absolute atomic E-state index is 12.6. The van der Waals surface area contributed by atoms with Crippen LogP contribution in [0.1, 0.15) is 38.2 Å². The third-order valence-corrected chi connectivity index (χ3v) is 4.42. The monoisotopic (exact) mass is 324 g/mol. The predicted molar refractivity (Wildman–Crippen MR) is 82.4 cm³/mol. The van der Waals surface area contributed by atoms with Gasteiger partial charge in [0.15, 0.2) is 0 Å². The van der Waals surface area contributed by atoms with Crippen molar-refractivity contribution in [2.24, 2.45) is 0 Å². The summed E-state index contributed by atoms with van der Waals surface area (Å²) in [4.78, 5) is 12.6. The van der Waals surface area contributed by atoms with Crippen molar-refractivity contribution in [1.29, 1.82) is 0 Å². The van der Waals surface area contributed by atoms with Gasteiger partial charge < -0.3 is 10.6 Å². The lowest BCUT2D eigenvalue weighted by atomic mass is 9.90. The SMILES string of the molecule is CCCC1(C(=O)Nc2cc(C)ccc2Br)CCCN1. The molecule has 1 aromatic carbocycles. The second-order valence-electron chi connectivity index (χ2n) is 5.30. The number of amides is 1. The molecule has 0 radical (unpaired) electrons. The lowest BCUT2D eigenvalue weighted by Crippen LogP contribution is -2.50. The summed E-state index contributed by atoms with van der Waals surface area (Å²) in [7, 11) is 0. The van der Waals surface area contributed by atoms with Crippen molar-refractivity contribution >= 4 is 27.5 Å². The highest BCUT2D eigenvalue weighted by atomic mass is 79.9. The predicted octanol–water partition coefficient (Wildman–Crippen LogP) is 3.62. The van der Waals surface area contributed by atoms with E-state index in [2.05, 4.69) is 33.5 Å². The van der Waals surface area contributed by atoms with Gasteiger partial charge >= 0.3 is 0 Å². The molecule has 104 valence electrons. The molecule has 1 saturated heterocycles. The Morgan fingerprint density at radius 1 is 1.53 bits per heavy atom. The van der Waals surface area contributed by atoms with Crippen LogP contribution in [0.3, 0.4) is 0 Å². The van der Waals surface area contributed by atoms with Gasteiger partial charge in [0.05, 0.1) is 11.2 Å². The first kappa shape index (κ1) is 14.5. The van der Waals surface area contributed by atoms with Crippen LogP contribution in [-0.2, 0) is 4.79 Å². The van der Waals surface area contributed by atoms with Gasteiger partial charge in [-0.3, -0.25) is 4.79 Å². The molecule has 4 heteroatoms. The van der Waals surface area contributed by atoms with E-state index >= 15 is 0 Å². The highest BCUT2D eigenvalue weighted by Crippen LogP contribution is 2.29. The van der Waals surface area contributed by atoms with Gasteiger partial charge in [0.1, 0.15) is 0 Å². The molecule has 1 atom stereocenters. The van der Waals surface area contributed by atoms with E-state index in [1.54, 1.807) is 0 Å². The van der Waals surface area contributed by atoms with E-state index in [4.69, 9.17) is 0 Å². The molecule has 3 nitrogen and oxygen atoms in total. The average molecular weight is 325 g/mol. The Bertz CT molecular complexity index is 467. The first-order chi connectivity index (χ1) is 9.07. The summed E-state index contributed by atoms with van der Waals surface area (Å²) in [6, 6.07) is 5.99. The van der Waals surface area contributed by atoms with Crippen LogP contribution in [0, 0.1) is 6.92 Å². The van der Waals surface area contributed by atoms with Crippen LogP contribution in [0.4, 0.5) is 5.69 Å². The molecule has 1 aromatic rings. The second-order valence-corrected chi connectivity index (χ2v) is 6.15. The normalized spacial score (nSPS) is 22.5. The fourth-order valence-corrected chi connectivity index (χ4v) is 3.08. The Morgan fingerprint density at radius 3 is 2.95 bits per heavy atom. The van der Waals surface area contributed by atoms with E-state index in [9.17, 15) is 4.79 Å². The summed E-state index contributed by atoms with van der Waals surface area (Å²) in [5.74, 6) is 0.0955. The first-order valence-corrected chi connectivity index (χ1v) is 7.69. The molecule has 2 rings (SSSR count). The van der Waals surface area contributed by atoms with Gasteiger partial charge in [-0.25, -0.2) is 0 Å². The van der Waals surface area contributed by atoms with Gasteiger partial charge in [-0.05, 0) is 66.4 Å². The van der Waals surface area contributed by atoms with Crippen molar-refractivity contribution in [1.82, 2.24) is 5.32 Å². The highest BCUT2D eigenvalue weighted by Gasteiger charge is 2.39. The molecule has 1 amide bonds. The lowest BCUT2D eigenvalue weighted by Gasteiger charge is -2.28. The molecular formula is C15H21BrN2O. The van der Waals surface area contributed by atoms with Gasteiger partial charge in [0, 0.05) is 4.47 Å². The first-order valence-electron chi connectivity index (χ1n) is 6.90. The number of rotatable bonds is 4. The van der Waals surface area contributed by atoms with Crippen molar-refractivity contribution in [3.8, 4) is 0 Å². The zero-order valence-corrected chi connectivity index (χ0v) is 13.1. The van der Waals surface area contributed by atoms with Crippen molar-refractivity contribution in [3.05, 3.63) is 28.2 Å². The molecule has 1 heterocycles. The molecule has 0 bridgehead atoms. The number of benzene rings is 1. The van der Waals surface area contributed by atoms with Gasteiger partial charge in [0.2, 0.25) is 5.91 Å². The topological polar surface area (TPSA) is 41.1 Å². The number of hydrogen-bond acceptors (Lipinski definition) is 2. The molecule has 0 aromatic heterocycles. The Morgan fingerprint density at radius 2 is 2.32 bits per heavy atom. The lowest BCUT2D eigenvalue weighted by molar-refractivity contribution is -0.122. The van der Waals surface area contributed by atoms with E-state index in [0.717, 1.165) is 48.0 Å². The molecular weight excluding hydrogens is 304 g/mol. The molecule has 0 aliphatic carbocycles. The van der Waals surface area contributed by atoms with Crippen LogP contribution in [-0.4, -0.2) is 18.0 Å². The minimum absolute atomic E-state index is 0.0955. The van der Waals surface area contributed by atoms with Crippen molar-refractivity contribution in [3.63, 3.8) is 0 Å². The standard InChI is InChI=1S/C15H21BrN2O/c1-3-7-15(8-4-9-17-15)14(19)18-13-10-11(2)5-6-12(13)16/h5-6,10,17H,3-4,7-9H2,1-2H3,(H,18,19). The number of carbonyl (C=O) groups excluding carboxylic acids is 1. The van der Waals surface area contributed by atoms with Crippen LogP contribution in [0.25, 0.3) is 0 Å². The van der Waals surface area contributed by atoms with Crippen LogP contribution >= 0.6 is 15.9 Å². The van der Waals surface area contributed by atoms with Crippen molar-refractivity contribution in [2.45, 2.75) is 45.1 Å². The van der Waals surface area contributed by atoms with Crippen LogP contribution in [0.2, 0.25) is 0 Å². The Hall–Kier alpha value is -0.870. The third-order valence-electron chi connectivity index (χ3n) is 3.73. The summed E-state index contributed by atoms with van der Waals surface area (Å²) in [5.41, 5.74) is 1.62. The van der Waals surface area contributed by atoms with E-state index in [0.29, 0.717) is 0 Å². The largest absolute Gasteiger partial charge is 0.323 e. The highest BCUT2D eigenvalue weighted by molar-refractivity contribution is 9.10. The number of anilines is 1. The zero-order chi connectivity index (χ0) is 13.9. The molecule has 1 aliphatic rings. The fourth-order valence-electron chi connectivity index (χ4n) is 2.73. The number of halogens is 1. The quantitative estimate of drug-likeness (QED) is 0.888. The van der Waals surface area contributed by atoms with Crippen LogP contribution in [0.15, 0.2) is 22.7 Å². The number of aryl methyl sites for hydroxylation is 1. The fraction of sp³-hybridized carbons (Fsp3) is 0.533. The smallest absolute Gasteiger partial charge is 0.244 e. The Labute approximate surface area is 123 Å². The summed E-state index contributed by atoms with van der Waals surface area (Å²) in [6.45, 7) is 5.08. The minimum Gasteiger partial charge on any atom is -0.323 e. The number of hydrogen-bond donors (Lipinski definition) is 2. The molecule has 1 aliphatic heterocycles. The molecule has 1 unspecified atom stereocenters. The second kappa shape index (κ2) is 6.06. The van der Waals surface area contributed by atoms with Gasteiger partial charge in [-0.1, -0.05) is 19.4 Å². The van der Waals surface area contributed by atoms with Gasteiger partial charge in [0.25, 0.3) is 0 Å². The van der Waals surface area contributed by atoms with Gasteiger partial charge in [-0.15, -0.1) is 0 Å². The van der Waals surface area contributed by atoms with Crippen molar-refractivity contribution < 1.29 is 4.79 Å². The minimum atomic E-state index is -0.377. The molecule has 0 spiro atoms. The summed E-state index contributed by atoms with van der Waals surface area (Å²) in [6.07, 6.45) is 3.90. The summed E-state index contributed by atoms with van der Waals surface area (Å²) in [5, 5.41) is 6.47. The Balaban J connectivity index is 2.17. The van der Waals surface area contributed by atoms with Crippen molar-refractivity contribution in [2.75, 3.05) is 11.9 Å². The van der Waals surface area contributed by atoms with E-state index in [1.807, 2.05) is 25.1 Å². The molecule has 19 heavy (non-hydrogen) atoms. The van der Waals surface area contributed by atoms with E-state index in [-0.39, 0.29) is 11.4 Å².